The fraction of sp³-hybridized carbons (Fsp3) is 0.500. The third-order valence-corrected chi connectivity index (χ3v) is 2.45. The van der Waals surface area contributed by atoms with E-state index in [4.69, 9.17) is 9.47 Å². The number of hydrogen-bond acceptors (Lipinski definition) is 3. The normalized spacial score (nSPS) is 12.2. The SMILES string of the molecule is CCOc1cccc(C(=O)CC(C)COC)c1. The second kappa shape index (κ2) is 7.07. The molecular weight excluding hydrogens is 216 g/mol. The van der Waals surface area contributed by atoms with E-state index in [9.17, 15) is 4.79 Å². The Balaban J connectivity index is 2.65. The van der Waals surface area contributed by atoms with Gasteiger partial charge in [-0.15, -0.1) is 0 Å². The highest BCUT2D eigenvalue weighted by atomic mass is 16.5. The van der Waals surface area contributed by atoms with Gasteiger partial charge in [0.2, 0.25) is 0 Å². The molecule has 0 aliphatic carbocycles. The molecule has 1 aromatic carbocycles. The number of benzene rings is 1. The zero-order chi connectivity index (χ0) is 12.7. The Morgan fingerprint density at radius 2 is 2.18 bits per heavy atom. The molecule has 3 nitrogen and oxygen atoms in total. The van der Waals surface area contributed by atoms with Gasteiger partial charge in [0.05, 0.1) is 6.61 Å². The van der Waals surface area contributed by atoms with Crippen molar-refractivity contribution < 1.29 is 14.3 Å². The fourth-order valence-corrected chi connectivity index (χ4v) is 1.70. The predicted octanol–water partition coefficient (Wildman–Crippen LogP) is 2.94. The minimum absolute atomic E-state index is 0.135. The summed E-state index contributed by atoms with van der Waals surface area (Å²) in [5.41, 5.74) is 0.707. The summed E-state index contributed by atoms with van der Waals surface area (Å²) < 4.78 is 10.4. The Morgan fingerprint density at radius 1 is 1.41 bits per heavy atom. The Morgan fingerprint density at radius 3 is 2.82 bits per heavy atom. The average Bonchev–Trinajstić information content (AvgIpc) is 2.30. The molecule has 0 aliphatic heterocycles. The van der Waals surface area contributed by atoms with Gasteiger partial charge in [-0.2, -0.15) is 0 Å². The van der Waals surface area contributed by atoms with Crippen molar-refractivity contribution >= 4 is 5.78 Å². The number of Topliss-reactive ketones (excluding diaryl/α,β-unsaturated/α-hetero) is 1. The van der Waals surface area contributed by atoms with Crippen LogP contribution in [0.2, 0.25) is 0 Å². The van der Waals surface area contributed by atoms with Crippen LogP contribution in [0.1, 0.15) is 30.6 Å². The van der Waals surface area contributed by atoms with E-state index in [2.05, 4.69) is 0 Å². The quantitative estimate of drug-likeness (QED) is 0.683. The summed E-state index contributed by atoms with van der Waals surface area (Å²) in [5.74, 6) is 1.12. The van der Waals surface area contributed by atoms with Crippen LogP contribution < -0.4 is 4.74 Å². The molecule has 3 heteroatoms. The van der Waals surface area contributed by atoms with E-state index in [0.717, 1.165) is 5.75 Å². The Kier molecular flexibility index (Phi) is 5.70. The number of hydrogen-bond donors (Lipinski definition) is 0. The molecule has 0 spiro atoms. The molecule has 1 unspecified atom stereocenters. The molecule has 1 aromatic rings. The van der Waals surface area contributed by atoms with Crippen molar-refractivity contribution in [3.8, 4) is 5.75 Å². The van der Waals surface area contributed by atoms with Gasteiger partial charge in [0.25, 0.3) is 0 Å². The van der Waals surface area contributed by atoms with E-state index >= 15 is 0 Å². The van der Waals surface area contributed by atoms with E-state index in [0.29, 0.717) is 25.2 Å². The van der Waals surface area contributed by atoms with Crippen LogP contribution in [0.3, 0.4) is 0 Å². The van der Waals surface area contributed by atoms with Crippen LogP contribution in [-0.4, -0.2) is 26.1 Å². The standard InChI is InChI=1S/C14H20O3/c1-4-17-13-7-5-6-12(9-13)14(15)8-11(2)10-16-3/h5-7,9,11H,4,8,10H2,1-3H3. The van der Waals surface area contributed by atoms with Gasteiger partial charge >= 0.3 is 0 Å². The van der Waals surface area contributed by atoms with Crippen LogP contribution >= 0.6 is 0 Å². The molecule has 17 heavy (non-hydrogen) atoms. The highest BCUT2D eigenvalue weighted by molar-refractivity contribution is 5.96. The maximum absolute atomic E-state index is 12.0. The molecule has 94 valence electrons. The van der Waals surface area contributed by atoms with E-state index in [1.807, 2.05) is 32.0 Å². The van der Waals surface area contributed by atoms with Gasteiger partial charge in [0.1, 0.15) is 5.75 Å². The summed E-state index contributed by atoms with van der Waals surface area (Å²) >= 11 is 0. The van der Waals surface area contributed by atoms with Gasteiger partial charge < -0.3 is 9.47 Å². The van der Waals surface area contributed by atoms with E-state index in [1.165, 1.54) is 0 Å². The van der Waals surface area contributed by atoms with Gasteiger partial charge in [-0.05, 0) is 25.0 Å². The molecule has 0 heterocycles. The molecule has 0 N–H and O–H groups in total. The molecule has 1 rings (SSSR count). The predicted molar refractivity (Wildman–Crippen MR) is 67.6 cm³/mol. The van der Waals surface area contributed by atoms with Crippen molar-refractivity contribution in [3.63, 3.8) is 0 Å². The Bertz CT molecular complexity index is 360. The Hall–Kier alpha value is -1.35. The lowest BCUT2D eigenvalue weighted by atomic mass is 10.0. The smallest absolute Gasteiger partial charge is 0.163 e. The second-order valence-corrected chi connectivity index (χ2v) is 4.15. The molecule has 0 fully saturated rings. The average molecular weight is 236 g/mol. The third kappa shape index (κ3) is 4.57. The molecule has 0 bridgehead atoms. The molecule has 1 atom stereocenters. The lowest BCUT2D eigenvalue weighted by molar-refractivity contribution is 0.0919. The minimum atomic E-state index is 0.135. The van der Waals surface area contributed by atoms with Crippen molar-refractivity contribution in [1.82, 2.24) is 0 Å². The zero-order valence-electron chi connectivity index (χ0n) is 10.7. The van der Waals surface area contributed by atoms with Crippen molar-refractivity contribution in [2.45, 2.75) is 20.3 Å². The second-order valence-electron chi connectivity index (χ2n) is 4.15. The van der Waals surface area contributed by atoms with Gasteiger partial charge in [-0.1, -0.05) is 19.1 Å². The molecule has 0 aromatic heterocycles. The summed E-state index contributed by atoms with van der Waals surface area (Å²) in [7, 11) is 1.65. The van der Waals surface area contributed by atoms with Crippen LogP contribution in [0.5, 0.6) is 5.75 Å². The van der Waals surface area contributed by atoms with Crippen molar-refractivity contribution in [3.05, 3.63) is 29.8 Å². The molecular formula is C14H20O3. The monoisotopic (exact) mass is 236 g/mol. The highest BCUT2D eigenvalue weighted by Gasteiger charge is 2.11. The van der Waals surface area contributed by atoms with Crippen LogP contribution in [-0.2, 0) is 4.74 Å². The highest BCUT2D eigenvalue weighted by Crippen LogP contribution is 2.16. The molecule has 0 saturated carbocycles. The molecule has 0 aliphatic rings. The summed E-state index contributed by atoms with van der Waals surface area (Å²) in [6.45, 7) is 5.15. The number of ether oxygens (including phenoxy) is 2. The van der Waals surface area contributed by atoms with Gasteiger partial charge in [-0.3, -0.25) is 4.79 Å². The third-order valence-electron chi connectivity index (χ3n) is 2.45. The zero-order valence-corrected chi connectivity index (χ0v) is 10.7. The Labute approximate surface area is 103 Å². The van der Waals surface area contributed by atoms with Crippen LogP contribution in [0.25, 0.3) is 0 Å². The van der Waals surface area contributed by atoms with Crippen molar-refractivity contribution in [2.24, 2.45) is 5.92 Å². The van der Waals surface area contributed by atoms with Gasteiger partial charge in [0, 0.05) is 25.7 Å². The topological polar surface area (TPSA) is 35.5 Å². The number of carbonyl (C=O) groups is 1. The first-order chi connectivity index (χ1) is 8.17. The minimum Gasteiger partial charge on any atom is -0.494 e. The molecule has 0 amide bonds. The summed E-state index contributed by atoms with van der Waals surface area (Å²) in [5, 5.41) is 0. The first-order valence-electron chi connectivity index (χ1n) is 5.92. The fourth-order valence-electron chi connectivity index (χ4n) is 1.70. The van der Waals surface area contributed by atoms with Crippen molar-refractivity contribution in [2.75, 3.05) is 20.3 Å². The summed E-state index contributed by atoms with van der Waals surface area (Å²) in [4.78, 5) is 12.0. The van der Waals surface area contributed by atoms with Crippen LogP contribution in [0, 0.1) is 5.92 Å². The number of methoxy groups -OCH3 is 1. The van der Waals surface area contributed by atoms with Crippen LogP contribution in [0.4, 0.5) is 0 Å². The summed E-state index contributed by atoms with van der Waals surface area (Å²) in [6.07, 6.45) is 0.503. The molecule has 0 saturated heterocycles. The van der Waals surface area contributed by atoms with E-state index in [-0.39, 0.29) is 11.7 Å². The first kappa shape index (κ1) is 13.7. The number of rotatable bonds is 7. The lowest BCUT2D eigenvalue weighted by Gasteiger charge is -2.10. The molecule has 0 radical (unpaired) electrons. The lowest BCUT2D eigenvalue weighted by Crippen LogP contribution is -2.10. The largest absolute Gasteiger partial charge is 0.494 e. The van der Waals surface area contributed by atoms with Gasteiger partial charge in [-0.25, -0.2) is 0 Å². The van der Waals surface area contributed by atoms with Crippen molar-refractivity contribution in [1.29, 1.82) is 0 Å². The number of ketones is 1. The van der Waals surface area contributed by atoms with E-state index in [1.54, 1.807) is 13.2 Å². The van der Waals surface area contributed by atoms with E-state index < -0.39 is 0 Å². The maximum atomic E-state index is 12.0. The first-order valence-corrected chi connectivity index (χ1v) is 5.92. The number of carbonyl (C=O) groups excluding carboxylic acids is 1. The summed E-state index contributed by atoms with van der Waals surface area (Å²) in [6, 6.07) is 7.33. The van der Waals surface area contributed by atoms with Crippen LogP contribution in [0.15, 0.2) is 24.3 Å². The van der Waals surface area contributed by atoms with Gasteiger partial charge in [0.15, 0.2) is 5.78 Å². The maximum Gasteiger partial charge on any atom is 0.163 e.